The van der Waals surface area contributed by atoms with Gasteiger partial charge in [-0.2, -0.15) is 15.3 Å². The summed E-state index contributed by atoms with van der Waals surface area (Å²) >= 11 is 6.35. The number of nitrogens with zero attached hydrogens (tertiary/aromatic N) is 4. The van der Waals surface area contributed by atoms with E-state index < -0.39 is 0 Å². The molecule has 0 radical (unpaired) electrons. The van der Waals surface area contributed by atoms with Crippen LogP contribution in [0.15, 0.2) is 42.5 Å². The SMILES string of the molecule is COc1cc(C#N)ccc1Oc1nc2c(Cl)c(C)nn2c2ccccc12. The molecule has 0 aliphatic carbocycles. The van der Waals surface area contributed by atoms with Crippen molar-refractivity contribution in [3.8, 4) is 23.4 Å². The molecule has 6 nitrogen and oxygen atoms in total. The van der Waals surface area contributed by atoms with Gasteiger partial charge in [-0.3, -0.25) is 0 Å². The van der Waals surface area contributed by atoms with Crippen LogP contribution in [-0.4, -0.2) is 21.7 Å². The first-order valence-corrected chi connectivity index (χ1v) is 8.19. The van der Waals surface area contributed by atoms with Crippen LogP contribution in [0.3, 0.4) is 0 Å². The number of hydrogen-bond donors (Lipinski definition) is 0. The monoisotopic (exact) mass is 364 g/mol. The Balaban J connectivity index is 1.94. The molecule has 4 rings (SSSR count). The molecule has 26 heavy (non-hydrogen) atoms. The lowest BCUT2D eigenvalue weighted by Crippen LogP contribution is -1.98. The highest BCUT2D eigenvalue weighted by Crippen LogP contribution is 2.36. The molecule has 0 aliphatic heterocycles. The van der Waals surface area contributed by atoms with Crippen molar-refractivity contribution in [2.75, 3.05) is 7.11 Å². The van der Waals surface area contributed by atoms with E-state index in [4.69, 9.17) is 26.3 Å². The molecule has 2 aromatic heterocycles. The predicted octanol–water partition coefficient (Wildman–Crippen LogP) is 4.52. The van der Waals surface area contributed by atoms with E-state index in [1.54, 1.807) is 22.7 Å². The molecule has 0 saturated heterocycles. The van der Waals surface area contributed by atoms with E-state index in [0.717, 1.165) is 10.9 Å². The van der Waals surface area contributed by atoms with Gasteiger partial charge in [0.05, 0.1) is 35.3 Å². The Morgan fingerprint density at radius 2 is 1.96 bits per heavy atom. The van der Waals surface area contributed by atoms with Gasteiger partial charge < -0.3 is 9.47 Å². The molecule has 0 saturated carbocycles. The minimum absolute atomic E-state index is 0.387. The van der Waals surface area contributed by atoms with Crippen LogP contribution in [0.5, 0.6) is 17.4 Å². The maximum Gasteiger partial charge on any atom is 0.230 e. The summed E-state index contributed by atoms with van der Waals surface area (Å²) in [4.78, 5) is 4.56. The smallest absolute Gasteiger partial charge is 0.230 e. The summed E-state index contributed by atoms with van der Waals surface area (Å²) in [7, 11) is 1.52. The molecule has 0 amide bonds. The third kappa shape index (κ3) is 2.50. The minimum atomic E-state index is 0.387. The summed E-state index contributed by atoms with van der Waals surface area (Å²) < 4.78 is 13.1. The van der Waals surface area contributed by atoms with Gasteiger partial charge in [-0.25, -0.2) is 4.52 Å². The van der Waals surface area contributed by atoms with Crippen molar-refractivity contribution in [3.63, 3.8) is 0 Å². The fourth-order valence-corrected chi connectivity index (χ4v) is 2.92. The van der Waals surface area contributed by atoms with Crippen molar-refractivity contribution in [3.05, 3.63) is 58.7 Å². The molecular weight excluding hydrogens is 352 g/mol. The Labute approximate surface area is 154 Å². The van der Waals surface area contributed by atoms with Gasteiger partial charge in [0, 0.05) is 6.07 Å². The van der Waals surface area contributed by atoms with E-state index in [9.17, 15) is 0 Å². The Kier molecular flexibility index (Phi) is 3.86. The quantitative estimate of drug-likeness (QED) is 0.534. The van der Waals surface area contributed by atoms with Gasteiger partial charge in [0.1, 0.15) is 5.02 Å². The van der Waals surface area contributed by atoms with Gasteiger partial charge in [-0.05, 0) is 31.2 Å². The van der Waals surface area contributed by atoms with Gasteiger partial charge in [0.2, 0.25) is 5.88 Å². The lowest BCUT2D eigenvalue weighted by molar-refractivity contribution is 0.376. The third-order valence-electron chi connectivity index (χ3n) is 4.03. The summed E-state index contributed by atoms with van der Waals surface area (Å²) in [6.45, 7) is 1.83. The summed E-state index contributed by atoms with van der Waals surface area (Å²) in [5.41, 5.74) is 2.52. The molecule has 0 spiro atoms. The number of hydrogen-bond acceptors (Lipinski definition) is 5. The molecule has 0 bridgehead atoms. The summed E-state index contributed by atoms with van der Waals surface area (Å²) in [5, 5.41) is 14.8. The topological polar surface area (TPSA) is 72.4 Å². The van der Waals surface area contributed by atoms with Crippen LogP contribution in [0.1, 0.15) is 11.3 Å². The second-order valence-corrected chi connectivity index (χ2v) is 6.03. The molecule has 0 aliphatic rings. The van der Waals surface area contributed by atoms with Crippen molar-refractivity contribution < 1.29 is 9.47 Å². The zero-order chi connectivity index (χ0) is 18.3. The first-order valence-electron chi connectivity index (χ1n) is 7.82. The fourth-order valence-electron chi connectivity index (χ4n) is 2.76. The standard InChI is InChI=1S/C19H13ClN4O2/c1-11-17(20)18-22-19(13-5-3-4-6-14(13)24(18)23-11)26-15-8-7-12(10-21)9-16(15)25-2/h3-9H,1-2H3. The van der Waals surface area contributed by atoms with Crippen molar-refractivity contribution >= 4 is 28.2 Å². The van der Waals surface area contributed by atoms with Crippen molar-refractivity contribution in [1.82, 2.24) is 14.6 Å². The fraction of sp³-hybridized carbons (Fsp3) is 0.105. The van der Waals surface area contributed by atoms with Crippen LogP contribution in [0, 0.1) is 18.3 Å². The van der Waals surface area contributed by atoms with E-state index in [0.29, 0.717) is 39.3 Å². The van der Waals surface area contributed by atoms with Crippen LogP contribution in [0.4, 0.5) is 0 Å². The largest absolute Gasteiger partial charge is 0.493 e. The number of methoxy groups -OCH3 is 1. The first kappa shape index (κ1) is 16.2. The molecule has 0 N–H and O–H groups in total. The number of fused-ring (bicyclic) bond motifs is 3. The zero-order valence-corrected chi connectivity index (χ0v) is 14.8. The van der Waals surface area contributed by atoms with Crippen molar-refractivity contribution in [2.45, 2.75) is 6.92 Å². The van der Waals surface area contributed by atoms with Crippen LogP contribution < -0.4 is 9.47 Å². The molecule has 7 heteroatoms. The Hall–Kier alpha value is -3.30. The number of ether oxygens (including phenoxy) is 2. The number of aromatic nitrogens is 3. The molecular formula is C19H13ClN4O2. The molecule has 4 aromatic rings. The van der Waals surface area contributed by atoms with Gasteiger partial charge in [-0.15, -0.1) is 0 Å². The molecule has 0 atom stereocenters. The summed E-state index contributed by atoms with van der Waals surface area (Å²) in [6.07, 6.45) is 0. The van der Waals surface area contributed by atoms with E-state index in [-0.39, 0.29) is 0 Å². The number of para-hydroxylation sites is 1. The minimum Gasteiger partial charge on any atom is -0.493 e. The highest BCUT2D eigenvalue weighted by atomic mass is 35.5. The number of nitriles is 1. The van der Waals surface area contributed by atoms with Crippen LogP contribution in [0.2, 0.25) is 5.02 Å². The van der Waals surface area contributed by atoms with Crippen LogP contribution >= 0.6 is 11.6 Å². The molecule has 0 fully saturated rings. The molecule has 128 valence electrons. The molecule has 2 aromatic carbocycles. The van der Waals surface area contributed by atoms with Gasteiger partial charge in [0.15, 0.2) is 17.1 Å². The van der Waals surface area contributed by atoms with E-state index >= 15 is 0 Å². The predicted molar refractivity (Wildman–Crippen MR) is 98.0 cm³/mol. The number of benzene rings is 2. The van der Waals surface area contributed by atoms with Crippen molar-refractivity contribution in [1.29, 1.82) is 5.26 Å². The lowest BCUT2D eigenvalue weighted by atomic mass is 10.2. The average molecular weight is 365 g/mol. The van der Waals surface area contributed by atoms with Gasteiger partial charge in [0.25, 0.3) is 0 Å². The Bertz CT molecular complexity index is 1190. The van der Waals surface area contributed by atoms with Crippen molar-refractivity contribution in [2.24, 2.45) is 0 Å². The second-order valence-electron chi connectivity index (χ2n) is 5.65. The molecule has 2 heterocycles. The second kappa shape index (κ2) is 6.21. The maximum atomic E-state index is 9.05. The van der Waals surface area contributed by atoms with Gasteiger partial charge >= 0.3 is 0 Å². The average Bonchev–Trinajstić information content (AvgIpc) is 2.97. The van der Waals surface area contributed by atoms with E-state index in [2.05, 4.69) is 16.2 Å². The molecule has 0 unspecified atom stereocenters. The van der Waals surface area contributed by atoms with Crippen LogP contribution in [-0.2, 0) is 0 Å². The Morgan fingerprint density at radius 3 is 2.73 bits per heavy atom. The van der Waals surface area contributed by atoms with E-state index in [1.807, 2.05) is 31.2 Å². The number of halogens is 1. The number of rotatable bonds is 3. The zero-order valence-electron chi connectivity index (χ0n) is 14.0. The summed E-state index contributed by atoms with van der Waals surface area (Å²) in [5.74, 6) is 1.30. The highest BCUT2D eigenvalue weighted by molar-refractivity contribution is 6.34. The number of aryl methyl sites for hydroxylation is 1. The normalized spacial score (nSPS) is 10.8. The maximum absolute atomic E-state index is 9.05. The van der Waals surface area contributed by atoms with Gasteiger partial charge in [-0.1, -0.05) is 23.7 Å². The third-order valence-corrected chi connectivity index (χ3v) is 4.48. The summed E-state index contributed by atoms with van der Waals surface area (Å²) in [6, 6.07) is 14.7. The van der Waals surface area contributed by atoms with Crippen LogP contribution in [0.25, 0.3) is 16.6 Å². The lowest BCUT2D eigenvalue weighted by Gasteiger charge is -2.12. The first-order chi connectivity index (χ1) is 12.6. The Morgan fingerprint density at radius 1 is 1.15 bits per heavy atom. The van der Waals surface area contributed by atoms with E-state index in [1.165, 1.54) is 7.11 Å². The highest BCUT2D eigenvalue weighted by Gasteiger charge is 2.17.